The number of rotatable bonds is 2. The van der Waals surface area contributed by atoms with Crippen molar-refractivity contribution in [3.63, 3.8) is 0 Å². The summed E-state index contributed by atoms with van der Waals surface area (Å²) in [5, 5.41) is 0. The molecule has 3 rings (SSSR count). The molecule has 134 valence electrons. The summed E-state index contributed by atoms with van der Waals surface area (Å²) in [7, 11) is 0. The lowest BCUT2D eigenvalue weighted by Crippen LogP contribution is -2.51. The molecule has 25 heavy (non-hydrogen) atoms. The number of piperidine rings is 1. The Balaban J connectivity index is 1.85. The minimum atomic E-state index is -0.498. The maximum atomic E-state index is 12.6. The molecule has 0 aromatic heterocycles. The molecule has 1 fully saturated rings. The van der Waals surface area contributed by atoms with Crippen LogP contribution < -0.4 is 0 Å². The first-order valence-corrected chi connectivity index (χ1v) is 9.03. The van der Waals surface area contributed by atoms with Crippen LogP contribution in [0.4, 0.5) is 4.79 Å². The summed E-state index contributed by atoms with van der Waals surface area (Å²) in [6, 6.07) is 10.3. The number of nitrogens with zero attached hydrogens (tertiary/aromatic N) is 1. The average molecular weight is 341 g/mol. The van der Waals surface area contributed by atoms with Gasteiger partial charge in [0.2, 0.25) is 0 Å². The zero-order valence-electron chi connectivity index (χ0n) is 15.4. The molecule has 1 amide bonds. The second kappa shape index (κ2) is 6.66. The molecular formula is C21H27NO3. The Morgan fingerprint density at radius 1 is 1.20 bits per heavy atom. The van der Waals surface area contributed by atoms with Gasteiger partial charge in [-0.3, -0.25) is 4.79 Å². The van der Waals surface area contributed by atoms with Gasteiger partial charge < -0.3 is 9.64 Å². The highest BCUT2D eigenvalue weighted by Crippen LogP contribution is 2.45. The van der Waals surface area contributed by atoms with Gasteiger partial charge in [-0.2, -0.15) is 0 Å². The van der Waals surface area contributed by atoms with Gasteiger partial charge in [-0.25, -0.2) is 4.79 Å². The van der Waals surface area contributed by atoms with Gasteiger partial charge in [-0.05, 0) is 51.7 Å². The van der Waals surface area contributed by atoms with Gasteiger partial charge in [-0.1, -0.05) is 35.9 Å². The fourth-order valence-corrected chi connectivity index (χ4v) is 3.89. The topological polar surface area (TPSA) is 46.6 Å². The molecule has 0 spiro atoms. The lowest BCUT2D eigenvalue weighted by atomic mass is 9.65. The lowest BCUT2D eigenvalue weighted by molar-refractivity contribution is -0.116. The summed E-state index contributed by atoms with van der Waals surface area (Å²) in [5.74, 6) is 0.212. The van der Waals surface area contributed by atoms with Gasteiger partial charge in [0, 0.05) is 24.9 Å². The Labute approximate surface area is 149 Å². The molecule has 0 bridgehead atoms. The van der Waals surface area contributed by atoms with E-state index in [0.717, 1.165) is 19.3 Å². The molecule has 1 aliphatic carbocycles. The number of allylic oxidation sites excluding steroid dienone is 1. The predicted molar refractivity (Wildman–Crippen MR) is 97.3 cm³/mol. The minimum absolute atomic E-state index is 0.148. The molecule has 0 radical (unpaired) electrons. The van der Waals surface area contributed by atoms with E-state index in [-0.39, 0.29) is 17.3 Å². The first-order chi connectivity index (χ1) is 11.8. The Morgan fingerprint density at radius 2 is 1.92 bits per heavy atom. The van der Waals surface area contributed by atoms with Crippen molar-refractivity contribution in [2.45, 2.75) is 52.1 Å². The molecule has 1 heterocycles. The fraction of sp³-hybridized carbons (Fsp3) is 0.524. The molecule has 1 aliphatic heterocycles. The van der Waals surface area contributed by atoms with Gasteiger partial charge >= 0.3 is 6.09 Å². The van der Waals surface area contributed by atoms with Gasteiger partial charge in [0.25, 0.3) is 0 Å². The summed E-state index contributed by atoms with van der Waals surface area (Å²) in [6.07, 6.45) is 4.53. The SMILES string of the molecule is CC(C)(C)OC(=O)N1CCC2=CC(=O)CCC2(Cc2ccccc2)C1. The van der Waals surface area contributed by atoms with Crippen molar-refractivity contribution >= 4 is 11.9 Å². The molecule has 1 atom stereocenters. The zero-order chi connectivity index (χ0) is 18.1. The summed E-state index contributed by atoms with van der Waals surface area (Å²) >= 11 is 0. The average Bonchev–Trinajstić information content (AvgIpc) is 2.54. The van der Waals surface area contributed by atoms with E-state index in [9.17, 15) is 9.59 Å². The third-order valence-electron chi connectivity index (χ3n) is 5.05. The van der Waals surface area contributed by atoms with Crippen LogP contribution in [0.1, 0.15) is 45.6 Å². The number of ether oxygens (including phenoxy) is 1. The maximum absolute atomic E-state index is 12.6. The number of fused-ring (bicyclic) bond motifs is 1. The van der Waals surface area contributed by atoms with Crippen LogP contribution in [0.25, 0.3) is 0 Å². The highest BCUT2D eigenvalue weighted by molar-refractivity contribution is 5.91. The highest BCUT2D eigenvalue weighted by atomic mass is 16.6. The first kappa shape index (κ1) is 17.7. The summed E-state index contributed by atoms with van der Waals surface area (Å²) in [6.45, 7) is 6.90. The normalized spacial score (nSPS) is 23.7. The van der Waals surface area contributed by atoms with Crippen LogP contribution in [0.15, 0.2) is 42.0 Å². The number of carbonyl (C=O) groups excluding carboxylic acids is 2. The highest BCUT2D eigenvalue weighted by Gasteiger charge is 2.43. The van der Waals surface area contributed by atoms with Crippen molar-refractivity contribution < 1.29 is 14.3 Å². The molecular weight excluding hydrogens is 314 g/mol. The van der Waals surface area contributed by atoms with Crippen LogP contribution in [0, 0.1) is 5.41 Å². The van der Waals surface area contributed by atoms with E-state index in [1.165, 1.54) is 11.1 Å². The number of hydrogen-bond acceptors (Lipinski definition) is 3. The predicted octanol–water partition coefficient (Wildman–Crippen LogP) is 4.15. The van der Waals surface area contributed by atoms with E-state index in [1.54, 1.807) is 0 Å². The van der Waals surface area contributed by atoms with Crippen molar-refractivity contribution in [1.29, 1.82) is 0 Å². The van der Waals surface area contributed by atoms with Crippen LogP contribution in [-0.2, 0) is 16.0 Å². The summed E-state index contributed by atoms with van der Waals surface area (Å²) in [5.41, 5.74) is 1.80. The van der Waals surface area contributed by atoms with E-state index in [0.29, 0.717) is 19.5 Å². The van der Waals surface area contributed by atoms with Crippen LogP contribution in [0.2, 0.25) is 0 Å². The van der Waals surface area contributed by atoms with Crippen molar-refractivity contribution in [2.24, 2.45) is 5.41 Å². The molecule has 1 unspecified atom stereocenters. The molecule has 0 saturated carbocycles. The first-order valence-electron chi connectivity index (χ1n) is 9.03. The van der Waals surface area contributed by atoms with Crippen LogP contribution in [-0.4, -0.2) is 35.5 Å². The Bertz CT molecular complexity index is 687. The number of ketones is 1. The molecule has 2 aliphatic rings. The van der Waals surface area contributed by atoms with E-state index >= 15 is 0 Å². The number of likely N-dealkylation sites (tertiary alicyclic amines) is 1. The monoisotopic (exact) mass is 341 g/mol. The molecule has 4 nitrogen and oxygen atoms in total. The lowest BCUT2D eigenvalue weighted by Gasteiger charge is -2.46. The number of benzene rings is 1. The zero-order valence-corrected chi connectivity index (χ0v) is 15.4. The fourth-order valence-electron chi connectivity index (χ4n) is 3.89. The van der Waals surface area contributed by atoms with Crippen molar-refractivity contribution in [3.8, 4) is 0 Å². The Kier molecular flexibility index (Phi) is 4.72. The minimum Gasteiger partial charge on any atom is -0.444 e. The van der Waals surface area contributed by atoms with Gasteiger partial charge in [-0.15, -0.1) is 0 Å². The number of amides is 1. The van der Waals surface area contributed by atoms with Gasteiger partial charge in [0.05, 0.1) is 0 Å². The Hall–Kier alpha value is -2.10. The molecule has 0 N–H and O–H groups in total. The van der Waals surface area contributed by atoms with E-state index < -0.39 is 5.60 Å². The molecule has 1 aromatic rings. The van der Waals surface area contributed by atoms with Crippen molar-refractivity contribution in [3.05, 3.63) is 47.5 Å². The van der Waals surface area contributed by atoms with Gasteiger partial charge in [0.15, 0.2) is 5.78 Å². The van der Waals surface area contributed by atoms with Crippen molar-refractivity contribution in [1.82, 2.24) is 4.90 Å². The second-order valence-corrected chi connectivity index (χ2v) is 8.23. The van der Waals surface area contributed by atoms with Crippen LogP contribution in [0.5, 0.6) is 0 Å². The number of hydrogen-bond donors (Lipinski definition) is 0. The van der Waals surface area contributed by atoms with E-state index in [4.69, 9.17) is 4.74 Å². The smallest absolute Gasteiger partial charge is 0.410 e. The Morgan fingerprint density at radius 3 is 2.60 bits per heavy atom. The summed E-state index contributed by atoms with van der Waals surface area (Å²) < 4.78 is 5.57. The van der Waals surface area contributed by atoms with Crippen LogP contribution in [0.3, 0.4) is 0 Å². The molecule has 1 saturated heterocycles. The van der Waals surface area contributed by atoms with Crippen LogP contribution >= 0.6 is 0 Å². The largest absolute Gasteiger partial charge is 0.444 e. The van der Waals surface area contributed by atoms with E-state index in [2.05, 4.69) is 12.1 Å². The van der Waals surface area contributed by atoms with E-state index in [1.807, 2.05) is 49.9 Å². The number of carbonyl (C=O) groups is 2. The quantitative estimate of drug-likeness (QED) is 0.812. The second-order valence-electron chi connectivity index (χ2n) is 8.23. The standard InChI is InChI=1S/C21H27NO3/c1-20(2,3)25-19(24)22-12-10-17-13-18(23)9-11-21(17,15-22)14-16-7-5-4-6-8-16/h4-8,13H,9-12,14-15H2,1-3H3. The van der Waals surface area contributed by atoms with Crippen molar-refractivity contribution in [2.75, 3.05) is 13.1 Å². The summed E-state index contributed by atoms with van der Waals surface area (Å²) in [4.78, 5) is 26.3. The molecule has 1 aromatic carbocycles. The maximum Gasteiger partial charge on any atom is 0.410 e. The third-order valence-corrected chi connectivity index (χ3v) is 5.05. The third kappa shape index (κ3) is 4.12. The molecule has 4 heteroatoms. The van der Waals surface area contributed by atoms with Gasteiger partial charge in [0.1, 0.15) is 5.60 Å².